The second-order valence-corrected chi connectivity index (χ2v) is 6.69. The van der Waals surface area contributed by atoms with Crippen LogP contribution in [0.4, 0.5) is 0 Å². The van der Waals surface area contributed by atoms with Crippen molar-refractivity contribution in [2.75, 3.05) is 0 Å². The summed E-state index contributed by atoms with van der Waals surface area (Å²) in [6.07, 6.45) is 9.48. The summed E-state index contributed by atoms with van der Waals surface area (Å²) in [6, 6.07) is 0. The number of unbranched alkanes of at least 4 members (excludes halogenated alkanes) is 2. The first-order chi connectivity index (χ1) is 6.08. The van der Waals surface area contributed by atoms with E-state index in [1.807, 2.05) is 0 Å². The van der Waals surface area contributed by atoms with E-state index in [1.54, 1.807) is 0 Å². The number of hydrogen-bond acceptors (Lipinski definition) is 0. The Morgan fingerprint density at radius 1 is 1.46 bits per heavy atom. The lowest BCUT2D eigenvalue weighted by Crippen LogP contribution is -2.00. The molecule has 0 amide bonds. The molecule has 0 aromatic rings. The van der Waals surface area contributed by atoms with Gasteiger partial charge in [0, 0.05) is 3.42 Å². The highest BCUT2D eigenvalue weighted by Crippen LogP contribution is 2.56. The summed E-state index contributed by atoms with van der Waals surface area (Å²) in [6.45, 7) is 6.70. The summed E-state index contributed by atoms with van der Waals surface area (Å²) in [4.78, 5) is 0. The Bertz CT molecular complexity index is 191. The molecule has 1 rings (SSSR count). The summed E-state index contributed by atoms with van der Waals surface area (Å²) >= 11 is 2.68. The Morgan fingerprint density at radius 3 is 2.69 bits per heavy atom. The van der Waals surface area contributed by atoms with E-state index in [-0.39, 0.29) is 0 Å². The second-order valence-electron chi connectivity index (χ2n) is 4.55. The molecule has 0 N–H and O–H groups in total. The fraction of sp³-hybridized carbons (Fsp3) is 0.833. The largest absolute Gasteiger partial charge is 0.0814 e. The second kappa shape index (κ2) is 4.81. The number of halogens is 1. The van der Waals surface area contributed by atoms with Gasteiger partial charge >= 0.3 is 0 Å². The van der Waals surface area contributed by atoms with Crippen molar-refractivity contribution in [1.29, 1.82) is 0 Å². The summed E-state index contributed by atoms with van der Waals surface area (Å²) in [5, 5.41) is 0. The van der Waals surface area contributed by atoms with Crippen LogP contribution < -0.4 is 0 Å². The maximum absolute atomic E-state index is 2.68. The van der Waals surface area contributed by atoms with E-state index < -0.39 is 0 Å². The van der Waals surface area contributed by atoms with Crippen LogP contribution in [0, 0.1) is 5.92 Å². The monoisotopic (exact) mass is 292 g/mol. The highest BCUT2D eigenvalue weighted by atomic mass is 127. The van der Waals surface area contributed by atoms with Crippen molar-refractivity contribution in [3.05, 3.63) is 11.6 Å². The number of rotatable bonds is 5. The lowest BCUT2D eigenvalue weighted by molar-refractivity contribution is 0.644. The van der Waals surface area contributed by atoms with Gasteiger partial charge in [0.2, 0.25) is 0 Å². The van der Waals surface area contributed by atoms with E-state index in [9.17, 15) is 0 Å². The van der Waals surface area contributed by atoms with Crippen molar-refractivity contribution in [2.24, 2.45) is 5.92 Å². The van der Waals surface area contributed by atoms with Gasteiger partial charge in [-0.15, -0.1) is 0 Å². The molecule has 1 aliphatic rings. The average Bonchev–Trinajstić information content (AvgIpc) is 2.61. The predicted octanol–water partition coefficient (Wildman–Crippen LogP) is 4.73. The summed E-state index contributed by atoms with van der Waals surface area (Å²) < 4.78 is 0.643. The molecule has 0 heterocycles. The Balaban J connectivity index is 2.25. The van der Waals surface area contributed by atoms with Crippen molar-refractivity contribution < 1.29 is 0 Å². The molecule has 0 unspecified atom stereocenters. The van der Waals surface area contributed by atoms with Crippen LogP contribution in [0.3, 0.4) is 0 Å². The van der Waals surface area contributed by atoms with E-state index in [1.165, 1.54) is 37.7 Å². The van der Waals surface area contributed by atoms with Crippen molar-refractivity contribution in [3.63, 3.8) is 0 Å². The topological polar surface area (TPSA) is 0 Å². The van der Waals surface area contributed by atoms with Gasteiger partial charge in [0.15, 0.2) is 0 Å². The molecule has 13 heavy (non-hydrogen) atoms. The van der Waals surface area contributed by atoms with Gasteiger partial charge in [-0.2, -0.15) is 0 Å². The third-order valence-electron chi connectivity index (χ3n) is 2.79. The molecule has 1 aliphatic carbocycles. The molecular weight excluding hydrogens is 271 g/mol. The molecule has 1 heteroatoms. The smallest absolute Gasteiger partial charge is 0.0291 e. The third-order valence-corrected chi connectivity index (χ3v) is 4.57. The van der Waals surface area contributed by atoms with Crippen molar-refractivity contribution in [3.8, 4) is 0 Å². The van der Waals surface area contributed by atoms with Gasteiger partial charge in [-0.3, -0.25) is 0 Å². The zero-order chi connectivity index (χ0) is 9.90. The maximum atomic E-state index is 2.68. The van der Waals surface area contributed by atoms with Crippen LogP contribution in [-0.2, 0) is 0 Å². The molecule has 0 aromatic heterocycles. The number of alkyl halides is 1. The lowest BCUT2D eigenvalue weighted by Gasteiger charge is -2.06. The van der Waals surface area contributed by atoms with Crippen LogP contribution in [-0.4, -0.2) is 3.42 Å². The van der Waals surface area contributed by atoms with Crippen molar-refractivity contribution in [1.82, 2.24) is 0 Å². The summed E-state index contributed by atoms with van der Waals surface area (Å²) in [7, 11) is 0. The fourth-order valence-corrected chi connectivity index (χ4v) is 2.91. The maximum Gasteiger partial charge on any atom is 0.0291 e. The van der Waals surface area contributed by atoms with Gasteiger partial charge in [-0.25, -0.2) is 0 Å². The quantitative estimate of drug-likeness (QED) is 0.297. The van der Waals surface area contributed by atoms with Gasteiger partial charge < -0.3 is 0 Å². The highest BCUT2D eigenvalue weighted by molar-refractivity contribution is 14.1. The standard InChI is InChI=1S/C12H21I/c1-4-5-6-7-12(13)9-11(12)8-10(2)3/h8,11H,4-7,9H2,1-3H3/t11-,12-/m0/s1. The number of hydrogen-bond donors (Lipinski definition) is 0. The molecule has 1 fully saturated rings. The zero-order valence-electron chi connectivity index (χ0n) is 9.07. The molecular formula is C12H21I. The zero-order valence-corrected chi connectivity index (χ0v) is 11.2. The van der Waals surface area contributed by atoms with E-state index in [0.717, 1.165) is 5.92 Å². The Labute approximate surface area is 96.3 Å². The average molecular weight is 292 g/mol. The molecule has 76 valence electrons. The van der Waals surface area contributed by atoms with Gasteiger partial charge in [-0.1, -0.05) is 60.4 Å². The molecule has 0 spiro atoms. The van der Waals surface area contributed by atoms with Gasteiger partial charge in [0.1, 0.15) is 0 Å². The molecule has 1 saturated carbocycles. The van der Waals surface area contributed by atoms with Gasteiger partial charge in [0.05, 0.1) is 0 Å². The van der Waals surface area contributed by atoms with Crippen LogP contribution in [0.25, 0.3) is 0 Å². The molecule has 0 bridgehead atoms. The predicted molar refractivity (Wildman–Crippen MR) is 68.4 cm³/mol. The van der Waals surface area contributed by atoms with E-state index >= 15 is 0 Å². The van der Waals surface area contributed by atoms with Crippen LogP contribution in [0.2, 0.25) is 0 Å². The van der Waals surface area contributed by atoms with Crippen molar-refractivity contribution >= 4 is 22.6 Å². The first-order valence-electron chi connectivity index (χ1n) is 5.42. The van der Waals surface area contributed by atoms with E-state index in [2.05, 4.69) is 49.4 Å². The molecule has 0 aliphatic heterocycles. The molecule has 0 radical (unpaired) electrons. The third kappa shape index (κ3) is 3.61. The highest BCUT2D eigenvalue weighted by Gasteiger charge is 2.49. The molecule has 0 aromatic carbocycles. The van der Waals surface area contributed by atoms with Crippen LogP contribution in [0.5, 0.6) is 0 Å². The number of allylic oxidation sites excluding steroid dienone is 2. The van der Waals surface area contributed by atoms with Gasteiger partial charge in [-0.05, 0) is 32.6 Å². The van der Waals surface area contributed by atoms with Crippen LogP contribution >= 0.6 is 22.6 Å². The minimum Gasteiger partial charge on any atom is -0.0814 e. The SMILES string of the molecule is CCCCC[C@]1(I)C[C@@H]1C=C(C)C. The van der Waals surface area contributed by atoms with E-state index in [4.69, 9.17) is 0 Å². The Hall–Kier alpha value is 0.470. The summed E-state index contributed by atoms with van der Waals surface area (Å²) in [5.41, 5.74) is 1.49. The minimum absolute atomic E-state index is 0.643. The first-order valence-corrected chi connectivity index (χ1v) is 6.50. The molecule has 0 nitrogen and oxygen atoms in total. The van der Waals surface area contributed by atoms with Crippen LogP contribution in [0.1, 0.15) is 52.9 Å². The minimum atomic E-state index is 0.643. The molecule has 2 atom stereocenters. The Kier molecular flexibility index (Phi) is 4.27. The van der Waals surface area contributed by atoms with E-state index in [0.29, 0.717) is 3.42 Å². The normalized spacial score (nSPS) is 31.5. The first kappa shape index (κ1) is 11.5. The van der Waals surface area contributed by atoms with Gasteiger partial charge in [0.25, 0.3) is 0 Å². The summed E-state index contributed by atoms with van der Waals surface area (Å²) in [5.74, 6) is 0.884. The molecule has 0 saturated heterocycles. The lowest BCUT2D eigenvalue weighted by atomic mass is 10.1. The van der Waals surface area contributed by atoms with Crippen LogP contribution in [0.15, 0.2) is 11.6 Å². The van der Waals surface area contributed by atoms with Crippen molar-refractivity contribution in [2.45, 2.75) is 56.3 Å². The Morgan fingerprint density at radius 2 is 2.15 bits per heavy atom. The fourth-order valence-electron chi connectivity index (χ4n) is 1.87.